The molecule has 0 aliphatic carbocycles. The van der Waals surface area contributed by atoms with Crippen molar-refractivity contribution >= 4 is 26.8 Å². The van der Waals surface area contributed by atoms with Gasteiger partial charge in [0.05, 0.1) is 30.5 Å². The van der Waals surface area contributed by atoms with Gasteiger partial charge in [0, 0.05) is 18.2 Å². The number of ether oxygens (including phenoxy) is 2. The normalized spacial score (nSPS) is 11.5. The van der Waals surface area contributed by atoms with Crippen LogP contribution in [-0.2, 0) is 19.4 Å². The second-order valence-electron chi connectivity index (χ2n) is 7.27. The molecule has 166 valence electrons. The molecule has 0 unspecified atom stereocenters. The first kappa shape index (κ1) is 22.8. The van der Waals surface area contributed by atoms with Gasteiger partial charge in [-0.15, -0.1) is 0 Å². The predicted molar refractivity (Wildman–Crippen MR) is 119 cm³/mol. The molecule has 1 heterocycles. The van der Waals surface area contributed by atoms with Crippen LogP contribution in [0.3, 0.4) is 0 Å². The van der Waals surface area contributed by atoms with Crippen molar-refractivity contribution < 1.29 is 22.7 Å². The summed E-state index contributed by atoms with van der Waals surface area (Å²) in [4.78, 5) is 15.6. The van der Waals surface area contributed by atoms with Gasteiger partial charge >= 0.3 is 5.97 Å². The van der Waals surface area contributed by atoms with Crippen LogP contribution in [-0.4, -0.2) is 43.4 Å². The second kappa shape index (κ2) is 10.4. The van der Waals surface area contributed by atoms with Crippen molar-refractivity contribution in [3.8, 4) is 11.4 Å². The molecular formula is C23H28N2O5S. The highest BCUT2D eigenvalue weighted by atomic mass is 32.2. The van der Waals surface area contributed by atoms with E-state index in [4.69, 9.17) is 4.74 Å². The van der Waals surface area contributed by atoms with Gasteiger partial charge in [0.2, 0.25) is 15.0 Å². The lowest BCUT2D eigenvalue weighted by molar-refractivity contribution is -0.140. The summed E-state index contributed by atoms with van der Waals surface area (Å²) >= 11 is 0. The van der Waals surface area contributed by atoms with Gasteiger partial charge in [-0.3, -0.25) is 9.36 Å². The largest absolute Gasteiger partial charge is 0.494 e. The number of carbonyl (C=O) groups excluding carboxylic acids is 1. The van der Waals surface area contributed by atoms with Crippen LogP contribution in [0, 0.1) is 0 Å². The zero-order valence-corrected chi connectivity index (χ0v) is 18.7. The Morgan fingerprint density at radius 3 is 2.55 bits per heavy atom. The van der Waals surface area contributed by atoms with Crippen molar-refractivity contribution in [2.75, 3.05) is 19.5 Å². The van der Waals surface area contributed by atoms with Crippen molar-refractivity contribution in [1.29, 1.82) is 0 Å². The maximum Gasteiger partial charge on any atom is 0.305 e. The summed E-state index contributed by atoms with van der Waals surface area (Å²) in [6, 6.07) is 14.8. The van der Waals surface area contributed by atoms with Gasteiger partial charge in [-0.05, 0) is 49.9 Å². The van der Waals surface area contributed by atoms with Crippen LogP contribution in [0.25, 0.3) is 16.7 Å². The fourth-order valence-corrected chi connectivity index (χ4v) is 4.80. The SMILES string of the molecule is CCCS(=O)(=O)c1nc2ccc(OCCCCCC(=O)OC)cc2n1-c1ccccc1. The number of nitrogens with zero attached hydrogens (tertiary/aromatic N) is 2. The first-order chi connectivity index (χ1) is 15.0. The number of aromatic nitrogens is 2. The summed E-state index contributed by atoms with van der Waals surface area (Å²) in [5.41, 5.74) is 2.02. The number of esters is 1. The molecule has 0 fully saturated rings. The summed E-state index contributed by atoms with van der Waals surface area (Å²) in [5.74, 6) is 0.490. The van der Waals surface area contributed by atoms with Crippen molar-refractivity contribution in [2.45, 2.75) is 44.2 Å². The average Bonchev–Trinajstić information content (AvgIpc) is 3.16. The molecule has 0 N–H and O–H groups in total. The van der Waals surface area contributed by atoms with Gasteiger partial charge in [-0.25, -0.2) is 13.4 Å². The van der Waals surface area contributed by atoms with E-state index in [0.29, 0.717) is 36.2 Å². The Balaban J connectivity index is 1.83. The van der Waals surface area contributed by atoms with E-state index in [1.165, 1.54) is 7.11 Å². The van der Waals surface area contributed by atoms with Crippen LogP contribution < -0.4 is 4.74 Å². The maximum absolute atomic E-state index is 12.9. The molecule has 0 amide bonds. The van der Waals surface area contributed by atoms with E-state index in [1.54, 1.807) is 16.7 Å². The van der Waals surface area contributed by atoms with Gasteiger partial charge < -0.3 is 9.47 Å². The monoisotopic (exact) mass is 444 g/mol. The van der Waals surface area contributed by atoms with Crippen molar-refractivity contribution in [2.24, 2.45) is 0 Å². The quantitative estimate of drug-likeness (QED) is 0.323. The number of sulfone groups is 1. The molecule has 0 saturated heterocycles. The lowest BCUT2D eigenvalue weighted by Gasteiger charge is -2.10. The lowest BCUT2D eigenvalue weighted by atomic mass is 10.2. The Hall–Kier alpha value is -2.87. The van der Waals surface area contributed by atoms with Crippen molar-refractivity contribution in [3.05, 3.63) is 48.5 Å². The molecule has 7 nitrogen and oxygen atoms in total. The molecule has 3 rings (SSSR count). The molecule has 1 aromatic heterocycles. The van der Waals surface area contributed by atoms with E-state index in [9.17, 15) is 13.2 Å². The number of hydrogen-bond donors (Lipinski definition) is 0. The Morgan fingerprint density at radius 2 is 1.84 bits per heavy atom. The minimum atomic E-state index is -3.53. The number of carbonyl (C=O) groups is 1. The van der Waals surface area contributed by atoms with Crippen LogP contribution in [0.15, 0.2) is 53.7 Å². The molecule has 0 aliphatic heterocycles. The smallest absolute Gasteiger partial charge is 0.305 e. The third-order valence-corrected chi connectivity index (χ3v) is 6.66. The van der Waals surface area contributed by atoms with E-state index in [1.807, 2.05) is 43.3 Å². The van der Waals surface area contributed by atoms with Crippen LogP contribution in [0.5, 0.6) is 5.75 Å². The third kappa shape index (κ3) is 5.64. The number of methoxy groups -OCH3 is 1. The fourth-order valence-electron chi connectivity index (χ4n) is 3.36. The van der Waals surface area contributed by atoms with Crippen molar-refractivity contribution in [1.82, 2.24) is 9.55 Å². The second-order valence-corrected chi connectivity index (χ2v) is 9.27. The number of benzene rings is 2. The first-order valence-corrected chi connectivity index (χ1v) is 12.1. The number of fused-ring (bicyclic) bond motifs is 1. The molecule has 0 saturated carbocycles. The van der Waals surface area contributed by atoms with Gasteiger partial charge in [0.1, 0.15) is 5.75 Å². The molecule has 0 atom stereocenters. The number of imidazole rings is 1. The summed E-state index contributed by atoms with van der Waals surface area (Å²) < 4.78 is 37.9. The van der Waals surface area contributed by atoms with Crippen LogP contribution in [0.2, 0.25) is 0 Å². The van der Waals surface area contributed by atoms with Crippen LogP contribution in [0.1, 0.15) is 39.0 Å². The zero-order valence-electron chi connectivity index (χ0n) is 17.9. The summed E-state index contributed by atoms with van der Waals surface area (Å²) in [5, 5.41) is 0.0514. The summed E-state index contributed by atoms with van der Waals surface area (Å²) in [6.07, 6.45) is 3.36. The van der Waals surface area contributed by atoms with Crippen LogP contribution in [0.4, 0.5) is 0 Å². The highest BCUT2D eigenvalue weighted by Crippen LogP contribution is 2.28. The summed E-state index contributed by atoms with van der Waals surface area (Å²) in [6.45, 7) is 2.34. The van der Waals surface area contributed by atoms with Gasteiger partial charge in [0.15, 0.2) is 0 Å². The number of unbranched alkanes of at least 4 members (excludes halogenated alkanes) is 2. The molecule has 2 aromatic carbocycles. The third-order valence-electron chi connectivity index (χ3n) is 4.88. The fraction of sp³-hybridized carbons (Fsp3) is 0.391. The molecule has 0 bridgehead atoms. The van der Waals surface area contributed by atoms with Gasteiger partial charge in [0.25, 0.3) is 0 Å². The standard InChI is InChI=1S/C23H28N2O5S/c1-3-16-31(27,28)23-24-20-14-13-19(30-15-9-5-8-12-22(26)29-2)17-21(20)25(23)18-10-6-4-7-11-18/h4,6-7,10-11,13-14,17H,3,5,8-9,12,15-16H2,1-2H3. The molecule has 3 aromatic rings. The highest BCUT2D eigenvalue weighted by molar-refractivity contribution is 7.91. The predicted octanol–water partition coefficient (Wildman–Crippen LogP) is 4.32. The maximum atomic E-state index is 12.9. The van der Waals surface area contributed by atoms with Crippen LogP contribution >= 0.6 is 0 Å². The minimum absolute atomic E-state index is 0.0398. The number of para-hydroxylation sites is 1. The molecule has 0 spiro atoms. The Bertz CT molecular complexity index is 1120. The Kier molecular flexibility index (Phi) is 7.68. The van der Waals surface area contributed by atoms with E-state index < -0.39 is 9.84 Å². The Morgan fingerprint density at radius 1 is 1.06 bits per heavy atom. The van der Waals surface area contributed by atoms with E-state index in [0.717, 1.165) is 24.9 Å². The molecule has 0 aliphatic rings. The lowest BCUT2D eigenvalue weighted by Crippen LogP contribution is -2.13. The first-order valence-electron chi connectivity index (χ1n) is 10.5. The minimum Gasteiger partial charge on any atom is -0.494 e. The Labute approximate surface area is 182 Å². The van der Waals surface area contributed by atoms with E-state index in [-0.39, 0.29) is 16.9 Å². The van der Waals surface area contributed by atoms with Gasteiger partial charge in [-0.2, -0.15) is 0 Å². The van der Waals surface area contributed by atoms with Crippen molar-refractivity contribution in [3.63, 3.8) is 0 Å². The molecule has 0 radical (unpaired) electrons. The summed E-state index contributed by atoms with van der Waals surface area (Å²) in [7, 11) is -2.14. The van der Waals surface area contributed by atoms with E-state index in [2.05, 4.69) is 9.72 Å². The van der Waals surface area contributed by atoms with E-state index >= 15 is 0 Å². The highest BCUT2D eigenvalue weighted by Gasteiger charge is 2.24. The molecular weight excluding hydrogens is 416 g/mol. The average molecular weight is 445 g/mol. The zero-order chi connectivity index (χ0) is 22.3. The number of rotatable bonds is 11. The number of hydrogen-bond acceptors (Lipinski definition) is 6. The topological polar surface area (TPSA) is 87.5 Å². The molecule has 8 heteroatoms. The molecule has 31 heavy (non-hydrogen) atoms. The van der Waals surface area contributed by atoms with Gasteiger partial charge in [-0.1, -0.05) is 25.1 Å².